The van der Waals surface area contributed by atoms with Gasteiger partial charge < -0.3 is 30.3 Å². The molecule has 2 aliphatic rings. The van der Waals surface area contributed by atoms with Crippen LogP contribution in [-0.2, 0) is 19.1 Å². The molecule has 0 radical (unpaired) electrons. The minimum atomic E-state index is -0.706. The Labute approximate surface area is 339 Å². The van der Waals surface area contributed by atoms with E-state index in [2.05, 4.69) is 34.3 Å². The van der Waals surface area contributed by atoms with Gasteiger partial charge in [0.15, 0.2) is 0 Å². The second kappa shape index (κ2) is 30.3. The van der Waals surface area contributed by atoms with Crippen LogP contribution in [0.15, 0.2) is 60.7 Å². The van der Waals surface area contributed by atoms with E-state index in [9.17, 15) is 19.8 Å². The molecule has 2 heterocycles. The number of carbonyl (C=O) groups is 2. The van der Waals surface area contributed by atoms with Crippen LogP contribution in [0.25, 0.3) is 0 Å². The number of aliphatic hydroxyl groups is 2. The van der Waals surface area contributed by atoms with Crippen molar-refractivity contribution in [3.8, 4) is 0 Å². The Kier molecular flexibility index (Phi) is 25.7. The Balaban J connectivity index is 0.000000300. The molecular formula is C46H76N4O6. The van der Waals surface area contributed by atoms with E-state index in [0.29, 0.717) is 52.4 Å². The van der Waals surface area contributed by atoms with E-state index in [1.54, 1.807) is 0 Å². The van der Waals surface area contributed by atoms with Crippen LogP contribution in [0.4, 0.5) is 0 Å². The fraction of sp³-hybridized carbons (Fsp3) is 0.696. The van der Waals surface area contributed by atoms with Gasteiger partial charge in [0.1, 0.15) is 12.2 Å². The lowest BCUT2D eigenvalue weighted by Crippen LogP contribution is -2.49. The highest BCUT2D eigenvalue weighted by Crippen LogP contribution is 2.20. The molecule has 2 fully saturated rings. The Morgan fingerprint density at radius 2 is 0.857 bits per heavy atom. The third kappa shape index (κ3) is 20.5. The summed E-state index contributed by atoms with van der Waals surface area (Å²) in [6.45, 7) is 11.9. The van der Waals surface area contributed by atoms with Crippen molar-refractivity contribution in [2.75, 3.05) is 65.7 Å². The zero-order chi connectivity index (χ0) is 40.1. The lowest BCUT2D eigenvalue weighted by atomic mass is 10.0. The minimum Gasteiger partial charge on any atom is -0.386 e. The number of hydrogen-bond acceptors (Lipinski definition) is 8. The smallest absolute Gasteiger partial charge is 0.220 e. The highest BCUT2D eigenvalue weighted by Gasteiger charge is 2.27. The lowest BCUT2D eigenvalue weighted by Gasteiger charge is -2.33. The van der Waals surface area contributed by atoms with Gasteiger partial charge >= 0.3 is 0 Å². The zero-order valence-corrected chi connectivity index (χ0v) is 34.9. The first kappa shape index (κ1) is 47.5. The molecule has 2 aromatic carbocycles. The Morgan fingerprint density at radius 1 is 0.536 bits per heavy atom. The molecule has 10 heteroatoms. The topological polar surface area (TPSA) is 124 Å². The molecule has 2 aliphatic heterocycles. The van der Waals surface area contributed by atoms with Crippen LogP contribution >= 0.6 is 0 Å². The predicted molar refractivity (Wildman–Crippen MR) is 226 cm³/mol. The summed E-state index contributed by atoms with van der Waals surface area (Å²) in [6, 6.07) is 18.6. The number of nitrogens with zero attached hydrogens (tertiary/aromatic N) is 2. The number of benzene rings is 2. The number of rotatable bonds is 26. The van der Waals surface area contributed by atoms with Gasteiger partial charge in [0.25, 0.3) is 0 Å². The van der Waals surface area contributed by atoms with Crippen molar-refractivity contribution in [3.05, 3.63) is 71.8 Å². The molecule has 0 spiro atoms. The quantitative estimate of drug-likeness (QED) is 0.0732. The third-order valence-corrected chi connectivity index (χ3v) is 10.9. The molecule has 0 unspecified atom stereocenters. The number of morpholine rings is 2. The van der Waals surface area contributed by atoms with Crippen LogP contribution in [0.1, 0.15) is 140 Å². The van der Waals surface area contributed by atoms with Crippen molar-refractivity contribution >= 4 is 11.8 Å². The van der Waals surface area contributed by atoms with Gasteiger partial charge in [0, 0.05) is 52.1 Å². The van der Waals surface area contributed by atoms with Gasteiger partial charge in [0.2, 0.25) is 11.8 Å². The van der Waals surface area contributed by atoms with Gasteiger partial charge in [0.05, 0.1) is 38.5 Å². The van der Waals surface area contributed by atoms with Crippen LogP contribution < -0.4 is 10.6 Å². The fourth-order valence-electron chi connectivity index (χ4n) is 7.38. The Morgan fingerprint density at radius 3 is 1.20 bits per heavy atom. The molecule has 4 rings (SSSR count). The maximum Gasteiger partial charge on any atom is 0.220 e. The molecule has 4 N–H and O–H groups in total. The number of nitrogens with one attached hydrogen (secondary N) is 2. The molecule has 4 atom stereocenters. The van der Waals surface area contributed by atoms with Crippen molar-refractivity contribution in [1.82, 2.24) is 20.4 Å². The zero-order valence-electron chi connectivity index (χ0n) is 34.9. The predicted octanol–water partition coefficient (Wildman–Crippen LogP) is 7.36. The highest BCUT2D eigenvalue weighted by molar-refractivity contribution is 5.76. The van der Waals surface area contributed by atoms with E-state index in [1.165, 1.54) is 64.2 Å². The van der Waals surface area contributed by atoms with Gasteiger partial charge in [-0.15, -0.1) is 0 Å². The molecule has 316 valence electrons. The molecule has 0 aliphatic carbocycles. The molecule has 56 heavy (non-hydrogen) atoms. The molecule has 10 nitrogen and oxygen atoms in total. The summed E-state index contributed by atoms with van der Waals surface area (Å²) < 4.78 is 10.8. The van der Waals surface area contributed by atoms with Gasteiger partial charge in [-0.3, -0.25) is 19.4 Å². The molecule has 2 aromatic rings. The summed E-state index contributed by atoms with van der Waals surface area (Å²) in [5.74, 6) is 0.0867. The molecule has 0 bridgehead atoms. The Bertz CT molecular complexity index is 1160. The lowest BCUT2D eigenvalue weighted by molar-refractivity contribution is -0.124. The minimum absolute atomic E-state index is 0.0433. The largest absolute Gasteiger partial charge is 0.386 e. The summed E-state index contributed by atoms with van der Waals surface area (Å²) in [6.07, 6.45) is 16.4. The SMILES string of the molecule is CCCCCCCCCC(=O)N[C@@H](CN1CCOCC1)[C@H](O)c1ccccc1.CCCCCCCCCC(=O)N[C@H](CN1CCOCC1)[C@H](O)c1ccccc1. The van der Waals surface area contributed by atoms with Crippen LogP contribution in [0.2, 0.25) is 0 Å². The first-order chi connectivity index (χ1) is 27.4. The number of aliphatic hydroxyl groups excluding tert-OH is 2. The van der Waals surface area contributed by atoms with Gasteiger partial charge in [-0.2, -0.15) is 0 Å². The van der Waals surface area contributed by atoms with E-state index in [0.717, 1.165) is 63.0 Å². The molecule has 0 saturated carbocycles. The van der Waals surface area contributed by atoms with Crippen molar-refractivity contribution < 1.29 is 29.3 Å². The summed E-state index contributed by atoms with van der Waals surface area (Å²) in [7, 11) is 0. The average molecular weight is 781 g/mol. The highest BCUT2D eigenvalue weighted by atomic mass is 16.5. The van der Waals surface area contributed by atoms with Crippen molar-refractivity contribution in [3.63, 3.8) is 0 Å². The summed E-state index contributed by atoms with van der Waals surface area (Å²) >= 11 is 0. The van der Waals surface area contributed by atoms with Crippen LogP contribution in [0, 0.1) is 0 Å². The number of amides is 2. The van der Waals surface area contributed by atoms with E-state index in [1.807, 2.05) is 60.7 Å². The summed E-state index contributed by atoms with van der Waals surface area (Å²) in [5, 5.41) is 28.0. The molecule has 2 amide bonds. The first-order valence-corrected chi connectivity index (χ1v) is 22.1. The second-order valence-electron chi connectivity index (χ2n) is 15.6. The maximum absolute atomic E-state index is 12.5. The maximum atomic E-state index is 12.5. The van der Waals surface area contributed by atoms with E-state index < -0.39 is 12.2 Å². The normalized spacial score (nSPS) is 17.2. The molecule has 2 saturated heterocycles. The third-order valence-electron chi connectivity index (χ3n) is 10.9. The number of unbranched alkanes of at least 4 members (excludes halogenated alkanes) is 12. The monoisotopic (exact) mass is 781 g/mol. The van der Waals surface area contributed by atoms with Crippen LogP contribution in [0.5, 0.6) is 0 Å². The van der Waals surface area contributed by atoms with Gasteiger partial charge in [-0.25, -0.2) is 0 Å². The molecule has 0 aromatic heterocycles. The van der Waals surface area contributed by atoms with E-state index >= 15 is 0 Å². The van der Waals surface area contributed by atoms with Crippen LogP contribution in [0.3, 0.4) is 0 Å². The van der Waals surface area contributed by atoms with Crippen molar-refractivity contribution in [2.24, 2.45) is 0 Å². The summed E-state index contributed by atoms with van der Waals surface area (Å²) in [4.78, 5) is 29.5. The van der Waals surface area contributed by atoms with E-state index in [4.69, 9.17) is 9.47 Å². The van der Waals surface area contributed by atoms with E-state index in [-0.39, 0.29) is 23.9 Å². The summed E-state index contributed by atoms with van der Waals surface area (Å²) in [5.41, 5.74) is 1.69. The van der Waals surface area contributed by atoms with Crippen molar-refractivity contribution in [1.29, 1.82) is 0 Å². The average Bonchev–Trinajstić information content (AvgIpc) is 3.23. The van der Waals surface area contributed by atoms with Crippen LogP contribution in [-0.4, -0.2) is 110 Å². The van der Waals surface area contributed by atoms with Crippen molar-refractivity contribution in [2.45, 2.75) is 141 Å². The van der Waals surface area contributed by atoms with Gasteiger partial charge in [-0.05, 0) is 24.0 Å². The standard InChI is InChI=1S/2C23H38N2O3/c2*1-2-3-4-5-6-7-11-14-22(26)24-21(19-25-15-17-28-18-16-25)23(27)20-12-9-8-10-13-20/h2*8-10,12-13,21,23,27H,2-7,11,14-19H2,1H3,(H,24,26)/t21-,23+;21-,23-/m01/s1. The fourth-order valence-corrected chi connectivity index (χ4v) is 7.38. The van der Waals surface area contributed by atoms with Gasteiger partial charge in [-0.1, -0.05) is 152 Å². The second-order valence-corrected chi connectivity index (χ2v) is 15.6. The number of carbonyl (C=O) groups excluding carboxylic acids is 2. The number of hydrogen-bond donors (Lipinski definition) is 4. The first-order valence-electron chi connectivity index (χ1n) is 22.1. The number of ether oxygens (including phenoxy) is 2. The Hall–Kier alpha value is -2.86. The molecular weight excluding hydrogens is 705 g/mol.